The highest BCUT2D eigenvalue weighted by Gasteiger charge is 2.14. The zero-order valence-electron chi connectivity index (χ0n) is 18.7. The van der Waals surface area contributed by atoms with Crippen molar-refractivity contribution in [3.05, 3.63) is 61.1 Å². The monoisotopic (exact) mass is 433 g/mol. The molecule has 0 saturated carbocycles. The number of hydrogen-bond acceptors (Lipinski definition) is 7. The lowest BCUT2D eigenvalue weighted by Crippen LogP contribution is -2.28. The van der Waals surface area contributed by atoms with Crippen LogP contribution < -0.4 is 19.9 Å². The Morgan fingerprint density at radius 1 is 0.938 bits per heavy atom. The maximum atomic E-state index is 5.47. The van der Waals surface area contributed by atoms with Crippen LogP contribution in [0.5, 0.6) is 11.5 Å². The van der Waals surface area contributed by atoms with E-state index >= 15 is 0 Å². The number of aromatic nitrogens is 3. The molecule has 0 radical (unpaired) electrons. The van der Waals surface area contributed by atoms with Crippen LogP contribution in [-0.2, 0) is 11.9 Å². The van der Waals surface area contributed by atoms with Gasteiger partial charge in [0.05, 0.1) is 44.3 Å². The Kier molecular flexibility index (Phi) is 6.53. The number of ether oxygens (including phenoxy) is 2. The van der Waals surface area contributed by atoms with Gasteiger partial charge >= 0.3 is 0 Å². The number of hydroxylamine groups is 1. The number of nitrogens with zero attached hydrogens (tertiary/aromatic N) is 4. The van der Waals surface area contributed by atoms with Gasteiger partial charge < -0.3 is 23.8 Å². The van der Waals surface area contributed by atoms with Crippen LogP contribution in [0.15, 0.2) is 61.1 Å². The van der Waals surface area contributed by atoms with Crippen LogP contribution in [-0.4, -0.2) is 49.0 Å². The third-order valence-corrected chi connectivity index (χ3v) is 5.19. The van der Waals surface area contributed by atoms with Gasteiger partial charge in [0, 0.05) is 67.7 Å². The fourth-order valence-electron chi connectivity index (χ4n) is 3.58. The number of rotatable bonds is 9. The first-order chi connectivity index (χ1) is 15.6. The van der Waals surface area contributed by atoms with E-state index in [2.05, 4.69) is 15.4 Å². The summed E-state index contributed by atoms with van der Waals surface area (Å²) in [7, 11) is 6.89. The highest BCUT2D eigenvalue weighted by molar-refractivity contribution is 5.82. The molecule has 0 bridgehead atoms. The zero-order chi connectivity index (χ0) is 22.5. The highest BCUT2D eigenvalue weighted by Crippen LogP contribution is 2.34. The van der Waals surface area contributed by atoms with Gasteiger partial charge in [-0.1, -0.05) is 0 Å². The second-order valence-electron chi connectivity index (χ2n) is 7.31. The summed E-state index contributed by atoms with van der Waals surface area (Å²) >= 11 is 0. The van der Waals surface area contributed by atoms with Gasteiger partial charge in [-0.15, -0.1) is 0 Å². The Morgan fingerprint density at radius 3 is 2.38 bits per heavy atom. The Bertz CT molecular complexity index is 1190. The summed E-state index contributed by atoms with van der Waals surface area (Å²) in [5.41, 5.74) is 8.36. The maximum Gasteiger partial charge on any atom is 0.124 e. The first-order valence-electron chi connectivity index (χ1n) is 10.3. The molecule has 4 rings (SSSR count). The summed E-state index contributed by atoms with van der Waals surface area (Å²) in [4.78, 5) is 16.7. The van der Waals surface area contributed by atoms with E-state index in [9.17, 15) is 0 Å². The van der Waals surface area contributed by atoms with E-state index in [-0.39, 0.29) is 0 Å². The molecule has 0 saturated heterocycles. The van der Waals surface area contributed by atoms with Crippen molar-refractivity contribution in [1.29, 1.82) is 0 Å². The molecule has 2 aromatic heterocycles. The van der Waals surface area contributed by atoms with Crippen molar-refractivity contribution in [1.82, 2.24) is 20.0 Å². The smallest absolute Gasteiger partial charge is 0.124 e. The van der Waals surface area contributed by atoms with Crippen molar-refractivity contribution in [3.8, 4) is 22.8 Å². The van der Waals surface area contributed by atoms with Crippen molar-refractivity contribution in [2.75, 3.05) is 39.3 Å². The Balaban J connectivity index is 1.77. The van der Waals surface area contributed by atoms with Gasteiger partial charge in [-0.3, -0.25) is 4.98 Å². The molecule has 0 fully saturated rings. The fourth-order valence-corrected chi connectivity index (χ4v) is 3.58. The lowest BCUT2D eigenvalue weighted by Gasteiger charge is -2.26. The molecule has 0 spiro atoms. The molecular weight excluding hydrogens is 406 g/mol. The summed E-state index contributed by atoms with van der Waals surface area (Å²) < 4.78 is 12.9. The first-order valence-corrected chi connectivity index (χ1v) is 10.3. The summed E-state index contributed by atoms with van der Waals surface area (Å²) in [5, 5.41) is 0. The molecule has 0 atom stereocenters. The Labute approximate surface area is 187 Å². The summed E-state index contributed by atoms with van der Waals surface area (Å²) in [6.45, 7) is 1.27. The standard InChI is InChI=1S/C24H27N5O3/c1-28-9-7-17(16-28)24-15-25-22-6-5-18(13-23(22)27-24)29(10-8-26-32-4)19-11-20(30-2)14-21(12-19)31-3/h5-7,9,11-16,26H,8,10H2,1-4H3. The molecule has 0 aliphatic carbocycles. The number of fused-ring (bicyclic) bond motifs is 1. The molecule has 0 aliphatic heterocycles. The van der Waals surface area contributed by atoms with Crippen LogP contribution in [0.4, 0.5) is 11.4 Å². The third-order valence-electron chi connectivity index (χ3n) is 5.19. The number of anilines is 2. The second-order valence-corrected chi connectivity index (χ2v) is 7.31. The molecule has 4 aromatic rings. The summed E-state index contributed by atoms with van der Waals surface area (Å²) in [6, 6.07) is 13.9. The maximum absolute atomic E-state index is 5.47. The van der Waals surface area contributed by atoms with Crippen LogP contribution in [0, 0.1) is 0 Å². The predicted octanol–water partition coefficient (Wildman–Crippen LogP) is 3.94. The van der Waals surface area contributed by atoms with Crippen LogP contribution in [0.1, 0.15) is 0 Å². The van der Waals surface area contributed by atoms with Crippen molar-refractivity contribution in [2.24, 2.45) is 7.05 Å². The number of hydrogen-bond donors (Lipinski definition) is 1. The molecule has 0 amide bonds. The van der Waals surface area contributed by atoms with E-state index in [0.717, 1.165) is 45.2 Å². The van der Waals surface area contributed by atoms with Crippen LogP contribution in [0.25, 0.3) is 22.3 Å². The third kappa shape index (κ3) is 4.66. The molecule has 0 aliphatic rings. The average molecular weight is 434 g/mol. The Hall–Kier alpha value is -3.62. The lowest BCUT2D eigenvalue weighted by atomic mass is 10.2. The molecule has 166 valence electrons. The molecular formula is C24H27N5O3. The molecule has 2 aromatic carbocycles. The Morgan fingerprint density at radius 2 is 1.72 bits per heavy atom. The number of benzene rings is 2. The number of nitrogens with one attached hydrogen (secondary N) is 1. The minimum atomic E-state index is 0.615. The van der Waals surface area contributed by atoms with Gasteiger partial charge in [-0.25, -0.2) is 10.5 Å². The van der Waals surface area contributed by atoms with Crippen molar-refractivity contribution in [3.63, 3.8) is 0 Å². The average Bonchev–Trinajstić information content (AvgIpc) is 3.27. The normalized spacial score (nSPS) is 11.0. The van der Waals surface area contributed by atoms with Crippen molar-refractivity contribution < 1.29 is 14.3 Å². The SMILES string of the molecule is CONCCN(c1cc(OC)cc(OC)c1)c1ccc2ncc(-c3ccn(C)c3)nc2c1. The van der Waals surface area contributed by atoms with Crippen LogP contribution >= 0.6 is 0 Å². The highest BCUT2D eigenvalue weighted by atomic mass is 16.6. The van der Waals surface area contributed by atoms with Gasteiger partial charge in [-0.2, -0.15) is 0 Å². The summed E-state index contributed by atoms with van der Waals surface area (Å²) in [5.74, 6) is 1.44. The second kappa shape index (κ2) is 9.67. The van der Waals surface area contributed by atoms with E-state index in [1.165, 1.54) is 0 Å². The number of methoxy groups -OCH3 is 2. The van der Waals surface area contributed by atoms with Gasteiger partial charge in [0.25, 0.3) is 0 Å². The zero-order valence-corrected chi connectivity index (χ0v) is 18.7. The van der Waals surface area contributed by atoms with E-state index < -0.39 is 0 Å². The van der Waals surface area contributed by atoms with Crippen LogP contribution in [0.2, 0.25) is 0 Å². The molecule has 32 heavy (non-hydrogen) atoms. The minimum absolute atomic E-state index is 0.615. The number of aryl methyl sites for hydroxylation is 1. The summed E-state index contributed by atoms with van der Waals surface area (Å²) in [6.07, 6.45) is 5.84. The molecule has 8 nitrogen and oxygen atoms in total. The van der Waals surface area contributed by atoms with Gasteiger partial charge in [0.2, 0.25) is 0 Å². The molecule has 1 N–H and O–H groups in total. The van der Waals surface area contributed by atoms with Crippen molar-refractivity contribution in [2.45, 2.75) is 0 Å². The minimum Gasteiger partial charge on any atom is -0.497 e. The topological polar surface area (TPSA) is 73.7 Å². The van der Waals surface area contributed by atoms with Gasteiger partial charge in [-0.05, 0) is 24.3 Å². The molecule has 2 heterocycles. The van der Waals surface area contributed by atoms with E-state index in [4.69, 9.17) is 19.3 Å². The van der Waals surface area contributed by atoms with Crippen LogP contribution in [0.3, 0.4) is 0 Å². The van der Waals surface area contributed by atoms with E-state index in [1.807, 2.05) is 72.7 Å². The van der Waals surface area contributed by atoms with E-state index in [0.29, 0.717) is 13.1 Å². The van der Waals surface area contributed by atoms with Gasteiger partial charge in [0.1, 0.15) is 11.5 Å². The van der Waals surface area contributed by atoms with E-state index in [1.54, 1.807) is 21.3 Å². The quantitative estimate of drug-likeness (QED) is 0.317. The lowest BCUT2D eigenvalue weighted by molar-refractivity contribution is 0.0943. The first kappa shape index (κ1) is 21.6. The van der Waals surface area contributed by atoms with Crippen molar-refractivity contribution >= 4 is 22.4 Å². The largest absolute Gasteiger partial charge is 0.497 e. The molecule has 8 heteroatoms. The molecule has 0 unspecified atom stereocenters. The predicted molar refractivity (Wildman–Crippen MR) is 126 cm³/mol. The van der Waals surface area contributed by atoms with Gasteiger partial charge in [0.15, 0.2) is 0 Å². The fraction of sp³-hybridized carbons (Fsp3) is 0.250.